The van der Waals surface area contributed by atoms with Crippen LogP contribution in [-0.2, 0) is 7.05 Å². The summed E-state index contributed by atoms with van der Waals surface area (Å²) < 4.78 is 6.74. The molecule has 0 saturated heterocycles. The van der Waals surface area contributed by atoms with Crippen molar-refractivity contribution < 1.29 is 4.74 Å². The second kappa shape index (κ2) is 3.56. The lowest BCUT2D eigenvalue weighted by Gasteiger charge is -2.11. The summed E-state index contributed by atoms with van der Waals surface area (Å²) in [4.78, 5) is 11.8. The Hall–Kier alpha value is -1.97. The van der Waals surface area contributed by atoms with Crippen molar-refractivity contribution in [2.45, 2.75) is 6.92 Å². The van der Waals surface area contributed by atoms with Gasteiger partial charge in [0.2, 0.25) is 0 Å². The number of nitrogens with zero attached hydrogens (tertiary/aromatic N) is 1. The maximum atomic E-state index is 11.8. The Balaban J connectivity index is 2.97. The lowest BCUT2D eigenvalue weighted by atomic mass is 10.1. The van der Waals surface area contributed by atoms with E-state index < -0.39 is 0 Å². The molecule has 1 aromatic carbocycles. The summed E-state index contributed by atoms with van der Waals surface area (Å²) in [5.41, 5.74) is 7.79. The Bertz CT molecular complexity index is 614. The SMILES string of the molecule is COc1ccc2c(c1)c(N)c(C)c(=O)n2C. The Labute approximate surface area is 93.3 Å². The number of hydrogen-bond acceptors (Lipinski definition) is 3. The van der Waals surface area contributed by atoms with Crippen LogP contribution in [0.4, 0.5) is 5.69 Å². The van der Waals surface area contributed by atoms with Crippen LogP contribution in [0.3, 0.4) is 0 Å². The summed E-state index contributed by atoms with van der Waals surface area (Å²) in [6.45, 7) is 1.73. The highest BCUT2D eigenvalue weighted by Gasteiger charge is 2.09. The van der Waals surface area contributed by atoms with Gasteiger partial charge in [0.1, 0.15) is 5.75 Å². The molecule has 0 saturated carbocycles. The third-order valence-corrected chi connectivity index (χ3v) is 2.88. The molecule has 1 aromatic heterocycles. The topological polar surface area (TPSA) is 57.2 Å². The van der Waals surface area contributed by atoms with Crippen LogP contribution in [0.1, 0.15) is 5.56 Å². The number of benzene rings is 1. The minimum absolute atomic E-state index is 0.0600. The lowest BCUT2D eigenvalue weighted by molar-refractivity contribution is 0.415. The molecule has 2 aromatic rings. The highest BCUT2D eigenvalue weighted by Crippen LogP contribution is 2.25. The molecule has 0 bridgehead atoms. The molecule has 2 N–H and O–H groups in total. The van der Waals surface area contributed by atoms with Crippen molar-refractivity contribution in [2.24, 2.45) is 7.05 Å². The van der Waals surface area contributed by atoms with E-state index in [0.29, 0.717) is 11.3 Å². The number of hydrogen-bond donors (Lipinski definition) is 1. The van der Waals surface area contributed by atoms with E-state index in [2.05, 4.69) is 0 Å². The van der Waals surface area contributed by atoms with Crippen molar-refractivity contribution in [3.63, 3.8) is 0 Å². The molecule has 0 spiro atoms. The summed E-state index contributed by atoms with van der Waals surface area (Å²) >= 11 is 0. The van der Waals surface area contributed by atoms with Gasteiger partial charge >= 0.3 is 0 Å². The fourth-order valence-electron chi connectivity index (χ4n) is 1.83. The van der Waals surface area contributed by atoms with Crippen LogP contribution in [0.25, 0.3) is 10.9 Å². The third-order valence-electron chi connectivity index (χ3n) is 2.88. The number of methoxy groups -OCH3 is 1. The van der Waals surface area contributed by atoms with Crippen molar-refractivity contribution in [3.8, 4) is 5.75 Å². The summed E-state index contributed by atoms with van der Waals surface area (Å²) in [7, 11) is 3.34. The molecule has 0 unspecified atom stereocenters. The van der Waals surface area contributed by atoms with Gasteiger partial charge in [-0.1, -0.05) is 0 Å². The summed E-state index contributed by atoms with van der Waals surface area (Å²) in [6.07, 6.45) is 0. The Morgan fingerprint density at radius 1 is 1.38 bits per heavy atom. The van der Waals surface area contributed by atoms with Crippen LogP contribution >= 0.6 is 0 Å². The highest BCUT2D eigenvalue weighted by molar-refractivity contribution is 5.92. The number of nitrogen functional groups attached to an aromatic ring is 1. The van der Waals surface area contributed by atoms with Crippen molar-refractivity contribution >= 4 is 16.6 Å². The van der Waals surface area contributed by atoms with Crippen molar-refractivity contribution in [2.75, 3.05) is 12.8 Å². The number of rotatable bonds is 1. The number of fused-ring (bicyclic) bond motifs is 1. The van der Waals surface area contributed by atoms with Crippen LogP contribution in [0.2, 0.25) is 0 Å². The number of anilines is 1. The monoisotopic (exact) mass is 218 g/mol. The van der Waals surface area contributed by atoms with Crippen molar-refractivity contribution in [1.29, 1.82) is 0 Å². The van der Waals surface area contributed by atoms with Gasteiger partial charge in [0.25, 0.3) is 5.56 Å². The van der Waals surface area contributed by atoms with Gasteiger partial charge in [-0.3, -0.25) is 4.79 Å². The molecule has 0 amide bonds. The van der Waals surface area contributed by atoms with E-state index in [-0.39, 0.29) is 5.56 Å². The molecular formula is C12H14N2O2. The van der Waals surface area contributed by atoms with Crippen LogP contribution in [0, 0.1) is 6.92 Å². The van der Waals surface area contributed by atoms with Gasteiger partial charge in [-0.15, -0.1) is 0 Å². The zero-order chi connectivity index (χ0) is 11.9. The quantitative estimate of drug-likeness (QED) is 0.788. The first-order chi connectivity index (χ1) is 7.56. The maximum absolute atomic E-state index is 11.8. The first kappa shape index (κ1) is 10.5. The number of nitrogens with two attached hydrogens (primary N) is 1. The van der Waals surface area contributed by atoms with Crippen LogP contribution < -0.4 is 16.0 Å². The van der Waals surface area contributed by atoms with E-state index in [0.717, 1.165) is 16.7 Å². The van der Waals surface area contributed by atoms with E-state index in [1.54, 1.807) is 25.6 Å². The fraction of sp³-hybridized carbons (Fsp3) is 0.250. The van der Waals surface area contributed by atoms with Crippen LogP contribution in [0.15, 0.2) is 23.0 Å². The van der Waals surface area contributed by atoms with Crippen LogP contribution in [0.5, 0.6) is 5.75 Å². The van der Waals surface area contributed by atoms with Gasteiger partial charge in [-0.2, -0.15) is 0 Å². The van der Waals surface area contributed by atoms with E-state index in [4.69, 9.17) is 10.5 Å². The molecule has 1 heterocycles. The average molecular weight is 218 g/mol. The van der Waals surface area contributed by atoms with E-state index in [9.17, 15) is 4.79 Å². The first-order valence-corrected chi connectivity index (χ1v) is 4.99. The van der Waals surface area contributed by atoms with Gasteiger partial charge in [0.05, 0.1) is 12.6 Å². The predicted octanol–water partition coefficient (Wildman–Crippen LogP) is 1.44. The minimum Gasteiger partial charge on any atom is -0.497 e. The molecule has 2 rings (SSSR count). The molecule has 84 valence electrons. The lowest BCUT2D eigenvalue weighted by Crippen LogP contribution is -2.21. The molecule has 0 atom stereocenters. The summed E-state index contributed by atoms with van der Waals surface area (Å²) in [5.74, 6) is 0.734. The second-order valence-electron chi connectivity index (χ2n) is 3.79. The first-order valence-electron chi connectivity index (χ1n) is 4.99. The predicted molar refractivity (Wildman–Crippen MR) is 64.9 cm³/mol. The van der Waals surface area contributed by atoms with Gasteiger partial charge in [0, 0.05) is 23.7 Å². The summed E-state index contributed by atoms with van der Waals surface area (Å²) in [5, 5.41) is 0.846. The van der Waals surface area contributed by atoms with E-state index in [1.807, 2.05) is 18.2 Å². The summed E-state index contributed by atoms with van der Waals surface area (Å²) in [6, 6.07) is 5.50. The zero-order valence-corrected chi connectivity index (χ0v) is 9.57. The zero-order valence-electron chi connectivity index (χ0n) is 9.57. The minimum atomic E-state index is -0.0600. The Morgan fingerprint density at radius 3 is 2.69 bits per heavy atom. The highest BCUT2D eigenvalue weighted by atomic mass is 16.5. The Kier molecular flexibility index (Phi) is 2.34. The molecule has 0 aliphatic rings. The standard InChI is InChI=1S/C12H14N2O2/c1-7-11(13)9-6-8(16-3)4-5-10(9)14(2)12(7)15/h4-6H,13H2,1-3H3. The molecule has 0 radical (unpaired) electrons. The molecule has 0 aliphatic heterocycles. The molecule has 4 nitrogen and oxygen atoms in total. The fourth-order valence-corrected chi connectivity index (χ4v) is 1.83. The van der Waals surface area contributed by atoms with Crippen molar-refractivity contribution in [3.05, 3.63) is 34.1 Å². The number of pyridine rings is 1. The van der Waals surface area contributed by atoms with Gasteiger partial charge in [-0.05, 0) is 25.1 Å². The second-order valence-corrected chi connectivity index (χ2v) is 3.79. The number of aryl methyl sites for hydroxylation is 1. The molecular weight excluding hydrogens is 204 g/mol. The van der Waals surface area contributed by atoms with Gasteiger partial charge in [0.15, 0.2) is 0 Å². The normalized spacial score (nSPS) is 10.7. The smallest absolute Gasteiger partial charge is 0.255 e. The van der Waals surface area contributed by atoms with Gasteiger partial charge in [-0.25, -0.2) is 0 Å². The molecule has 0 aliphatic carbocycles. The molecule has 16 heavy (non-hydrogen) atoms. The van der Waals surface area contributed by atoms with E-state index in [1.165, 1.54) is 0 Å². The van der Waals surface area contributed by atoms with Gasteiger partial charge < -0.3 is 15.0 Å². The van der Waals surface area contributed by atoms with Crippen LogP contribution in [-0.4, -0.2) is 11.7 Å². The average Bonchev–Trinajstić information content (AvgIpc) is 2.33. The third kappa shape index (κ3) is 1.34. The molecule has 0 fully saturated rings. The van der Waals surface area contributed by atoms with Crippen molar-refractivity contribution in [1.82, 2.24) is 4.57 Å². The van der Waals surface area contributed by atoms with E-state index >= 15 is 0 Å². The Morgan fingerprint density at radius 2 is 2.06 bits per heavy atom. The number of aromatic nitrogens is 1. The largest absolute Gasteiger partial charge is 0.497 e. The number of ether oxygens (including phenoxy) is 1. The molecule has 4 heteroatoms. The maximum Gasteiger partial charge on any atom is 0.255 e.